The predicted molar refractivity (Wildman–Crippen MR) is 82.3 cm³/mol. The van der Waals surface area contributed by atoms with E-state index in [1.807, 2.05) is 30.3 Å². The average molecular weight is 274 g/mol. The number of benzene rings is 1. The van der Waals surface area contributed by atoms with Gasteiger partial charge in [-0.2, -0.15) is 0 Å². The van der Waals surface area contributed by atoms with E-state index in [0.717, 1.165) is 23.9 Å². The van der Waals surface area contributed by atoms with Crippen LogP contribution in [-0.2, 0) is 11.3 Å². The lowest BCUT2D eigenvalue weighted by molar-refractivity contribution is -0.120. The standard InChI is InChI=1S/C17H26N2O/c1-14-7-5-6-10-16(14)12-18-13-17(20)19-11-15-8-3-2-4-9-15/h2-4,8-9,14,16,18H,5-7,10-13H2,1H3,(H,19,20). The van der Waals surface area contributed by atoms with Crippen molar-refractivity contribution in [1.29, 1.82) is 0 Å². The van der Waals surface area contributed by atoms with Crippen LogP contribution in [0.15, 0.2) is 30.3 Å². The van der Waals surface area contributed by atoms with Crippen molar-refractivity contribution in [2.75, 3.05) is 13.1 Å². The Balaban J connectivity index is 1.60. The van der Waals surface area contributed by atoms with Gasteiger partial charge in [0.1, 0.15) is 0 Å². The molecule has 2 N–H and O–H groups in total. The Morgan fingerprint density at radius 3 is 2.70 bits per heavy atom. The molecule has 0 aliphatic heterocycles. The fourth-order valence-electron chi connectivity index (χ4n) is 2.93. The third kappa shape index (κ3) is 4.97. The van der Waals surface area contributed by atoms with E-state index in [0.29, 0.717) is 13.1 Å². The summed E-state index contributed by atoms with van der Waals surface area (Å²) in [6.45, 7) is 4.35. The zero-order valence-electron chi connectivity index (χ0n) is 12.4. The van der Waals surface area contributed by atoms with Crippen LogP contribution in [-0.4, -0.2) is 19.0 Å². The topological polar surface area (TPSA) is 41.1 Å². The van der Waals surface area contributed by atoms with Crippen molar-refractivity contribution in [2.45, 2.75) is 39.2 Å². The molecule has 3 heteroatoms. The second-order valence-corrected chi connectivity index (χ2v) is 5.92. The molecule has 1 saturated carbocycles. The summed E-state index contributed by atoms with van der Waals surface area (Å²) in [4.78, 5) is 11.8. The molecule has 2 atom stereocenters. The van der Waals surface area contributed by atoms with Crippen LogP contribution in [0.1, 0.15) is 38.2 Å². The van der Waals surface area contributed by atoms with Gasteiger partial charge in [-0.3, -0.25) is 4.79 Å². The number of hydrogen-bond donors (Lipinski definition) is 2. The van der Waals surface area contributed by atoms with Gasteiger partial charge in [-0.05, 0) is 30.4 Å². The molecule has 0 bridgehead atoms. The van der Waals surface area contributed by atoms with Crippen molar-refractivity contribution < 1.29 is 4.79 Å². The lowest BCUT2D eigenvalue weighted by Crippen LogP contribution is -2.37. The summed E-state index contributed by atoms with van der Waals surface area (Å²) < 4.78 is 0. The maximum atomic E-state index is 11.8. The van der Waals surface area contributed by atoms with Gasteiger partial charge < -0.3 is 10.6 Å². The minimum absolute atomic E-state index is 0.0808. The van der Waals surface area contributed by atoms with Gasteiger partial charge in [0.25, 0.3) is 0 Å². The minimum Gasteiger partial charge on any atom is -0.351 e. The van der Waals surface area contributed by atoms with Crippen LogP contribution < -0.4 is 10.6 Å². The van der Waals surface area contributed by atoms with Crippen LogP contribution in [0.5, 0.6) is 0 Å². The van der Waals surface area contributed by atoms with E-state index in [2.05, 4.69) is 17.6 Å². The van der Waals surface area contributed by atoms with Gasteiger partial charge in [-0.15, -0.1) is 0 Å². The molecule has 2 rings (SSSR count). The summed E-state index contributed by atoms with van der Waals surface area (Å²) in [5.74, 6) is 1.62. The van der Waals surface area contributed by atoms with Gasteiger partial charge in [0.15, 0.2) is 0 Å². The summed E-state index contributed by atoms with van der Waals surface area (Å²) in [6, 6.07) is 10.0. The fraction of sp³-hybridized carbons (Fsp3) is 0.588. The van der Waals surface area contributed by atoms with Crippen molar-refractivity contribution >= 4 is 5.91 Å². The van der Waals surface area contributed by atoms with Crippen LogP contribution in [0.2, 0.25) is 0 Å². The van der Waals surface area contributed by atoms with Gasteiger partial charge >= 0.3 is 0 Å². The number of amides is 1. The van der Waals surface area contributed by atoms with Gasteiger partial charge in [-0.25, -0.2) is 0 Å². The molecule has 20 heavy (non-hydrogen) atoms. The maximum absolute atomic E-state index is 11.8. The molecule has 1 amide bonds. The van der Waals surface area contributed by atoms with E-state index in [-0.39, 0.29) is 5.91 Å². The molecule has 0 aromatic heterocycles. The molecule has 1 fully saturated rings. The van der Waals surface area contributed by atoms with Crippen LogP contribution in [0, 0.1) is 11.8 Å². The number of rotatable bonds is 6. The number of hydrogen-bond acceptors (Lipinski definition) is 2. The van der Waals surface area contributed by atoms with Crippen molar-refractivity contribution in [2.24, 2.45) is 11.8 Å². The summed E-state index contributed by atoms with van der Waals surface area (Å²) in [5.41, 5.74) is 1.14. The molecular weight excluding hydrogens is 248 g/mol. The van der Waals surface area contributed by atoms with Crippen LogP contribution in [0.25, 0.3) is 0 Å². The Morgan fingerprint density at radius 2 is 1.95 bits per heavy atom. The Kier molecular flexibility index (Phi) is 6.06. The number of carbonyl (C=O) groups excluding carboxylic acids is 1. The lowest BCUT2D eigenvalue weighted by Gasteiger charge is -2.28. The molecule has 3 nitrogen and oxygen atoms in total. The molecule has 110 valence electrons. The van der Waals surface area contributed by atoms with E-state index in [9.17, 15) is 4.79 Å². The van der Waals surface area contributed by atoms with Gasteiger partial charge in [0.05, 0.1) is 6.54 Å². The molecule has 1 aromatic rings. The first-order valence-corrected chi connectivity index (χ1v) is 7.77. The zero-order chi connectivity index (χ0) is 14.2. The molecule has 1 aliphatic carbocycles. The summed E-state index contributed by atoms with van der Waals surface area (Å²) in [7, 11) is 0. The number of nitrogens with one attached hydrogen (secondary N) is 2. The summed E-state index contributed by atoms with van der Waals surface area (Å²) in [5, 5.41) is 6.26. The molecule has 0 saturated heterocycles. The highest BCUT2D eigenvalue weighted by Gasteiger charge is 2.20. The molecule has 0 heterocycles. The van der Waals surface area contributed by atoms with Gasteiger partial charge in [-0.1, -0.05) is 56.5 Å². The third-order valence-electron chi connectivity index (χ3n) is 4.31. The first-order chi connectivity index (χ1) is 9.75. The van der Waals surface area contributed by atoms with Crippen LogP contribution >= 0.6 is 0 Å². The first kappa shape index (κ1) is 15.0. The van der Waals surface area contributed by atoms with Crippen LogP contribution in [0.4, 0.5) is 0 Å². The summed E-state index contributed by atoms with van der Waals surface area (Å²) >= 11 is 0. The Morgan fingerprint density at radius 1 is 1.20 bits per heavy atom. The highest BCUT2D eigenvalue weighted by Crippen LogP contribution is 2.28. The van der Waals surface area contributed by atoms with E-state index in [1.54, 1.807) is 0 Å². The SMILES string of the molecule is CC1CCCCC1CNCC(=O)NCc1ccccc1. The van der Waals surface area contributed by atoms with Crippen LogP contribution in [0.3, 0.4) is 0 Å². The average Bonchev–Trinajstić information content (AvgIpc) is 2.48. The van der Waals surface area contributed by atoms with E-state index in [1.165, 1.54) is 25.7 Å². The Labute approximate surface area is 122 Å². The smallest absolute Gasteiger partial charge is 0.234 e. The molecule has 2 unspecified atom stereocenters. The normalized spacial score (nSPS) is 22.4. The maximum Gasteiger partial charge on any atom is 0.234 e. The van der Waals surface area contributed by atoms with Crippen molar-refractivity contribution in [3.8, 4) is 0 Å². The molecule has 0 spiro atoms. The Hall–Kier alpha value is -1.35. The first-order valence-electron chi connectivity index (χ1n) is 7.77. The second kappa shape index (κ2) is 8.05. The number of carbonyl (C=O) groups is 1. The summed E-state index contributed by atoms with van der Waals surface area (Å²) in [6.07, 6.45) is 5.36. The third-order valence-corrected chi connectivity index (χ3v) is 4.31. The van der Waals surface area contributed by atoms with E-state index in [4.69, 9.17) is 0 Å². The predicted octanol–water partition coefficient (Wildman–Crippen LogP) is 2.72. The lowest BCUT2D eigenvalue weighted by atomic mass is 9.80. The molecule has 0 radical (unpaired) electrons. The molecule has 1 aliphatic rings. The second-order valence-electron chi connectivity index (χ2n) is 5.92. The van der Waals surface area contributed by atoms with Crippen molar-refractivity contribution in [3.63, 3.8) is 0 Å². The highest BCUT2D eigenvalue weighted by molar-refractivity contribution is 5.77. The fourth-order valence-corrected chi connectivity index (χ4v) is 2.93. The molecular formula is C17H26N2O. The quantitative estimate of drug-likeness (QED) is 0.837. The zero-order valence-corrected chi connectivity index (χ0v) is 12.4. The van der Waals surface area contributed by atoms with E-state index < -0.39 is 0 Å². The highest BCUT2D eigenvalue weighted by atomic mass is 16.1. The van der Waals surface area contributed by atoms with Crippen molar-refractivity contribution in [3.05, 3.63) is 35.9 Å². The molecule has 1 aromatic carbocycles. The Bertz CT molecular complexity index is 405. The largest absolute Gasteiger partial charge is 0.351 e. The van der Waals surface area contributed by atoms with E-state index >= 15 is 0 Å². The van der Waals surface area contributed by atoms with Crippen molar-refractivity contribution in [1.82, 2.24) is 10.6 Å². The monoisotopic (exact) mass is 274 g/mol. The van der Waals surface area contributed by atoms with Gasteiger partial charge in [0, 0.05) is 6.54 Å². The van der Waals surface area contributed by atoms with Gasteiger partial charge in [0.2, 0.25) is 5.91 Å². The minimum atomic E-state index is 0.0808.